The molecule has 4 rings (SSSR count). The van der Waals surface area contributed by atoms with Gasteiger partial charge in [0.25, 0.3) is 5.91 Å². The molecule has 0 aromatic heterocycles. The summed E-state index contributed by atoms with van der Waals surface area (Å²) in [5, 5.41) is 2.98. The lowest BCUT2D eigenvalue weighted by Crippen LogP contribution is -2.12. The third-order valence-corrected chi connectivity index (χ3v) is 5.29. The van der Waals surface area contributed by atoms with Gasteiger partial charge in [0.2, 0.25) is 0 Å². The van der Waals surface area contributed by atoms with Crippen molar-refractivity contribution in [3.63, 3.8) is 0 Å². The summed E-state index contributed by atoms with van der Waals surface area (Å²) in [7, 11) is 1.65. The van der Waals surface area contributed by atoms with E-state index in [1.807, 2.05) is 97.9 Å². The Morgan fingerprint density at radius 2 is 1.35 bits per heavy atom. The highest BCUT2D eigenvalue weighted by Crippen LogP contribution is 2.27. The molecule has 0 saturated heterocycles. The summed E-state index contributed by atoms with van der Waals surface area (Å²) >= 11 is 0. The van der Waals surface area contributed by atoms with Gasteiger partial charge in [0.05, 0.1) is 7.11 Å². The minimum absolute atomic E-state index is 0.145. The number of nitrogen functional groups attached to an aromatic ring is 1. The molecule has 0 heterocycles. The number of carbonyl (C=O) groups is 1. The van der Waals surface area contributed by atoms with Crippen molar-refractivity contribution in [3.8, 4) is 28.0 Å². The topological polar surface area (TPSA) is 64.3 Å². The minimum Gasteiger partial charge on any atom is -0.497 e. The molecule has 0 radical (unpaired) electrons. The number of ether oxygens (including phenoxy) is 1. The number of nitrogens with one attached hydrogen (secondary N) is 1. The lowest BCUT2D eigenvalue weighted by molar-refractivity contribution is 0.102. The highest BCUT2D eigenvalue weighted by atomic mass is 16.5. The SMILES string of the molecule is COc1ccc(-c2ccc(NC(=O)c3ccc(C)c(-c4ccc(N)cc4)c3)cc2)cc1. The van der Waals surface area contributed by atoms with Crippen molar-refractivity contribution in [1.29, 1.82) is 0 Å². The molecule has 4 nitrogen and oxygen atoms in total. The largest absolute Gasteiger partial charge is 0.497 e. The van der Waals surface area contributed by atoms with Crippen molar-refractivity contribution < 1.29 is 9.53 Å². The van der Waals surface area contributed by atoms with Crippen molar-refractivity contribution in [1.82, 2.24) is 0 Å². The summed E-state index contributed by atoms with van der Waals surface area (Å²) in [4.78, 5) is 12.8. The van der Waals surface area contributed by atoms with E-state index in [4.69, 9.17) is 10.5 Å². The van der Waals surface area contributed by atoms with Crippen molar-refractivity contribution in [2.75, 3.05) is 18.2 Å². The predicted molar refractivity (Wildman–Crippen MR) is 127 cm³/mol. The molecular weight excluding hydrogens is 384 g/mol. The van der Waals surface area contributed by atoms with Crippen LogP contribution in [0.5, 0.6) is 5.75 Å². The Morgan fingerprint density at radius 1 is 0.774 bits per heavy atom. The molecule has 0 aliphatic rings. The molecule has 4 aromatic rings. The van der Waals surface area contributed by atoms with E-state index in [0.717, 1.165) is 39.3 Å². The van der Waals surface area contributed by atoms with E-state index in [0.29, 0.717) is 11.3 Å². The number of amides is 1. The van der Waals surface area contributed by atoms with E-state index in [1.165, 1.54) is 0 Å². The lowest BCUT2D eigenvalue weighted by atomic mass is 9.97. The zero-order valence-electron chi connectivity index (χ0n) is 17.6. The van der Waals surface area contributed by atoms with Gasteiger partial charge in [0.1, 0.15) is 5.75 Å². The monoisotopic (exact) mass is 408 g/mol. The number of carbonyl (C=O) groups excluding carboxylic acids is 1. The van der Waals surface area contributed by atoms with Gasteiger partial charge in [-0.25, -0.2) is 0 Å². The lowest BCUT2D eigenvalue weighted by Gasteiger charge is -2.11. The molecule has 3 N–H and O–H groups in total. The second-order valence-electron chi connectivity index (χ2n) is 7.41. The fraction of sp³-hybridized carbons (Fsp3) is 0.0741. The predicted octanol–water partition coefficient (Wildman–Crippen LogP) is 6.17. The normalized spacial score (nSPS) is 10.5. The molecule has 0 aliphatic carbocycles. The van der Waals surface area contributed by atoms with E-state index in [9.17, 15) is 4.79 Å². The molecule has 1 amide bonds. The number of methoxy groups -OCH3 is 1. The molecule has 0 fully saturated rings. The molecule has 0 saturated carbocycles. The highest BCUT2D eigenvalue weighted by Gasteiger charge is 2.10. The molecule has 4 aromatic carbocycles. The van der Waals surface area contributed by atoms with Gasteiger partial charge in [-0.15, -0.1) is 0 Å². The molecule has 154 valence electrons. The summed E-state index contributed by atoms with van der Waals surface area (Å²) < 4.78 is 5.21. The maximum atomic E-state index is 12.8. The number of nitrogens with two attached hydrogens (primary N) is 1. The van der Waals surface area contributed by atoms with Crippen LogP contribution in [0, 0.1) is 6.92 Å². The average molecular weight is 409 g/mol. The highest BCUT2D eigenvalue weighted by molar-refractivity contribution is 6.05. The molecule has 0 bridgehead atoms. The smallest absolute Gasteiger partial charge is 0.255 e. The Kier molecular flexibility index (Phi) is 5.72. The van der Waals surface area contributed by atoms with Gasteiger partial charge in [0.15, 0.2) is 0 Å². The van der Waals surface area contributed by atoms with Crippen LogP contribution in [0.25, 0.3) is 22.3 Å². The van der Waals surface area contributed by atoms with Crippen LogP contribution in [0.15, 0.2) is 91.0 Å². The van der Waals surface area contributed by atoms with Crippen LogP contribution in [0.3, 0.4) is 0 Å². The standard InChI is InChI=1S/C27H24N2O2/c1-18-3-4-22(17-26(18)21-5-11-23(28)12-6-21)27(30)29-24-13-7-19(8-14-24)20-9-15-25(31-2)16-10-20/h3-17H,28H2,1-2H3,(H,29,30). The van der Waals surface area contributed by atoms with Crippen LogP contribution < -0.4 is 15.8 Å². The number of benzene rings is 4. The zero-order chi connectivity index (χ0) is 21.8. The first-order chi connectivity index (χ1) is 15.0. The average Bonchev–Trinajstić information content (AvgIpc) is 2.80. The summed E-state index contributed by atoms with van der Waals surface area (Å²) in [5.41, 5.74) is 13.2. The number of aryl methyl sites for hydroxylation is 1. The molecule has 31 heavy (non-hydrogen) atoms. The molecule has 0 atom stereocenters. The van der Waals surface area contributed by atoms with Crippen LogP contribution >= 0.6 is 0 Å². The van der Waals surface area contributed by atoms with Crippen LogP contribution in [0.2, 0.25) is 0 Å². The Labute approximate surface area is 182 Å². The van der Waals surface area contributed by atoms with Crippen LogP contribution in [0.1, 0.15) is 15.9 Å². The van der Waals surface area contributed by atoms with Gasteiger partial charge < -0.3 is 15.8 Å². The quantitative estimate of drug-likeness (QED) is 0.388. The Balaban J connectivity index is 1.51. The third kappa shape index (κ3) is 4.59. The maximum Gasteiger partial charge on any atom is 0.255 e. The summed E-state index contributed by atoms with van der Waals surface area (Å²) in [5.74, 6) is 0.679. The van der Waals surface area contributed by atoms with Crippen molar-refractivity contribution in [2.45, 2.75) is 6.92 Å². The Bertz CT molecular complexity index is 1200. The number of hydrogen-bond donors (Lipinski definition) is 2. The summed E-state index contributed by atoms with van der Waals surface area (Å²) in [6.07, 6.45) is 0. The van der Waals surface area contributed by atoms with Crippen molar-refractivity contribution in [2.24, 2.45) is 0 Å². The van der Waals surface area contributed by atoms with Gasteiger partial charge in [-0.1, -0.05) is 42.5 Å². The number of rotatable bonds is 5. The molecule has 0 spiro atoms. The first-order valence-corrected chi connectivity index (χ1v) is 10.1. The molecule has 0 aliphatic heterocycles. The van der Waals surface area contributed by atoms with Crippen molar-refractivity contribution >= 4 is 17.3 Å². The molecule has 0 unspecified atom stereocenters. The van der Waals surface area contributed by atoms with E-state index in [-0.39, 0.29) is 5.91 Å². The van der Waals surface area contributed by atoms with Crippen molar-refractivity contribution in [3.05, 3.63) is 102 Å². The van der Waals surface area contributed by atoms with Gasteiger partial charge in [0, 0.05) is 16.9 Å². The number of hydrogen-bond acceptors (Lipinski definition) is 3. The molecule has 4 heteroatoms. The van der Waals surface area contributed by atoms with E-state index in [2.05, 4.69) is 5.32 Å². The minimum atomic E-state index is -0.145. The van der Waals surface area contributed by atoms with Gasteiger partial charge >= 0.3 is 0 Å². The second kappa shape index (κ2) is 8.76. The van der Waals surface area contributed by atoms with Gasteiger partial charge in [-0.2, -0.15) is 0 Å². The summed E-state index contributed by atoms with van der Waals surface area (Å²) in [6.45, 7) is 2.03. The van der Waals surface area contributed by atoms with E-state index < -0.39 is 0 Å². The Hall–Kier alpha value is -4.05. The fourth-order valence-corrected chi connectivity index (χ4v) is 3.47. The number of anilines is 2. The molecular formula is C27H24N2O2. The fourth-order valence-electron chi connectivity index (χ4n) is 3.47. The van der Waals surface area contributed by atoms with E-state index in [1.54, 1.807) is 7.11 Å². The maximum absolute atomic E-state index is 12.8. The van der Waals surface area contributed by atoms with E-state index >= 15 is 0 Å². The van der Waals surface area contributed by atoms with Crippen LogP contribution in [-0.4, -0.2) is 13.0 Å². The third-order valence-electron chi connectivity index (χ3n) is 5.29. The first-order valence-electron chi connectivity index (χ1n) is 10.1. The Morgan fingerprint density at radius 3 is 1.97 bits per heavy atom. The first kappa shape index (κ1) is 20.2. The zero-order valence-corrected chi connectivity index (χ0v) is 17.6. The summed E-state index contributed by atoms with van der Waals surface area (Å²) in [6, 6.07) is 29.1. The van der Waals surface area contributed by atoms with Gasteiger partial charge in [-0.05, 0) is 83.3 Å². The second-order valence-corrected chi connectivity index (χ2v) is 7.41. The van der Waals surface area contributed by atoms with Gasteiger partial charge in [-0.3, -0.25) is 4.79 Å². The van der Waals surface area contributed by atoms with Crippen LogP contribution in [0.4, 0.5) is 11.4 Å². The van der Waals surface area contributed by atoms with Crippen LogP contribution in [-0.2, 0) is 0 Å².